The molecule has 1 fully saturated rings. The van der Waals surface area contributed by atoms with Crippen LogP contribution >= 0.6 is 23.2 Å². The summed E-state index contributed by atoms with van der Waals surface area (Å²) in [6, 6.07) is 0. The van der Waals surface area contributed by atoms with Crippen LogP contribution in [0.15, 0.2) is 0 Å². The average molecular weight is 264 g/mol. The molecule has 0 aromatic rings. The Balaban J connectivity index is 2.38. The van der Waals surface area contributed by atoms with Gasteiger partial charge >= 0.3 is 0 Å². The molecule has 1 rings (SSSR count). The summed E-state index contributed by atoms with van der Waals surface area (Å²) in [5, 5.41) is 10.0. The standard InChI is InChI=1S/C12H19Cl2NO/c13-7-10-15(11-8-14)9-3-6-12(16)4-1-2-5-12/h16H,1-2,4-5,7-11H2. The van der Waals surface area contributed by atoms with Crippen molar-refractivity contribution in [3.05, 3.63) is 0 Å². The fraction of sp³-hybridized carbons (Fsp3) is 0.833. The highest BCUT2D eigenvalue weighted by atomic mass is 35.5. The highest BCUT2D eigenvalue weighted by Crippen LogP contribution is 2.28. The summed E-state index contributed by atoms with van der Waals surface area (Å²) >= 11 is 11.4. The number of hydrogen-bond acceptors (Lipinski definition) is 2. The van der Waals surface area contributed by atoms with Crippen molar-refractivity contribution in [2.24, 2.45) is 0 Å². The smallest absolute Gasteiger partial charge is 0.125 e. The van der Waals surface area contributed by atoms with E-state index in [1.807, 2.05) is 0 Å². The topological polar surface area (TPSA) is 23.5 Å². The highest BCUT2D eigenvalue weighted by Gasteiger charge is 2.28. The van der Waals surface area contributed by atoms with E-state index in [0.717, 1.165) is 38.8 Å². The largest absolute Gasteiger partial charge is 0.378 e. The number of hydrogen-bond donors (Lipinski definition) is 1. The van der Waals surface area contributed by atoms with Crippen molar-refractivity contribution in [3.63, 3.8) is 0 Å². The first-order valence-electron chi connectivity index (χ1n) is 5.77. The van der Waals surface area contributed by atoms with E-state index in [0.29, 0.717) is 18.3 Å². The molecule has 1 aliphatic rings. The molecule has 4 heteroatoms. The second-order valence-electron chi connectivity index (χ2n) is 4.19. The second-order valence-corrected chi connectivity index (χ2v) is 4.95. The van der Waals surface area contributed by atoms with Crippen LogP contribution in [0.2, 0.25) is 0 Å². The summed E-state index contributed by atoms with van der Waals surface area (Å²) in [5.74, 6) is 7.20. The molecular weight excluding hydrogens is 245 g/mol. The average Bonchev–Trinajstić information content (AvgIpc) is 2.66. The minimum Gasteiger partial charge on any atom is -0.378 e. The zero-order valence-corrected chi connectivity index (χ0v) is 11.0. The van der Waals surface area contributed by atoms with Gasteiger partial charge in [-0.25, -0.2) is 0 Å². The van der Waals surface area contributed by atoms with Crippen molar-refractivity contribution < 1.29 is 5.11 Å². The van der Waals surface area contributed by atoms with Crippen molar-refractivity contribution >= 4 is 23.2 Å². The third-order valence-corrected chi connectivity index (χ3v) is 3.19. The zero-order valence-electron chi connectivity index (χ0n) is 9.51. The van der Waals surface area contributed by atoms with Gasteiger partial charge in [-0.3, -0.25) is 4.90 Å². The van der Waals surface area contributed by atoms with E-state index in [2.05, 4.69) is 16.7 Å². The molecule has 1 saturated carbocycles. The zero-order chi connectivity index (χ0) is 11.9. The Morgan fingerprint density at radius 2 is 1.69 bits per heavy atom. The molecule has 1 aliphatic carbocycles. The molecule has 0 unspecified atom stereocenters. The summed E-state index contributed by atoms with van der Waals surface area (Å²) in [7, 11) is 0. The molecule has 0 aliphatic heterocycles. The molecule has 92 valence electrons. The maximum atomic E-state index is 10.0. The Morgan fingerprint density at radius 1 is 1.12 bits per heavy atom. The van der Waals surface area contributed by atoms with Crippen molar-refractivity contribution in [3.8, 4) is 11.8 Å². The van der Waals surface area contributed by atoms with Gasteiger partial charge in [0.05, 0.1) is 6.54 Å². The number of rotatable bonds is 5. The number of halogens is 2. The molecular formula is C12H19Cl2NO. The van der Waals surface area contributed by atoms with Gasteiger partial charge in [0, 0.05) is 24.8 Å². The summed E-state index contributed by atoms with van der Waals surface area (Å²) < 4.78 is 0. The molecule has 1 N–H and O–H groups in total. The first-order valence-corrected chi connectivity index (χ1v) is 6.84. The fourth-order valence-electron chi connectivity index (χ4n) is 1.91. The number of aliphatic hydroxyl groups is 1. The van der Waals surface area contributed by atoms with E-state index in [1.54, 1.807) is 0 Å². The van der Waals surface area contributed by atoms with Gasteiger partial charge in [0.1, 0.15) is 5.60 Å². The van der Waals surface area contributed by atoms with Crippen LogP contribution < -0.4 is 0 Å². The van der Waals surface area contributed by atoms with Gasteiger partial charge in [0.25, 0.3) is 0 Å². The molecule has 0 amide bonds. The predicted molar refractivity (Wildman–Crippen MR) is 69.1 cm³/mol. The summed E-state index contributed by atoms with van der Waals surface area (Å²) in [4.78, 5) is 2.10. The lowest BCUT2D eigenvalue weighted by Crippen LogP contribution is -2.29. The van der Waals surface area contributed by atoms with Crippen LogP contribution in [0.25, 0.3) is 0 Å². The maximum absolute atomic E-state index is 10.0. The Bertz CT molecular complexity index is 247. The molecule has 0 radical (unpaired) electrons. The van der Waals surface area contributed by atoms with Gasteiger partial charge in [-0.2, -0.15) is 0 Å². The molecule has 0 spiro atoms. The molecule has 0 saturated heterocycles. The fourth-order valence-corrected chi connectivity index (χ4v) is 2.39. The highest BCUT2D eigenvalue weighted by molar-refractivity contribution is 6.18. The van der Waals surface area contributed by atoms with Crippen molar-refractivity contribution in [2.45, 2.75) is 31.3 Å². The van der Waals surface area contributed by atoms with Gasteiger partial charge in [0.2, 0.25) is 0 Å². The summed E-state index contributed by atoms with van der Waals surface area (Å²) in [6.45, 7) is 2.23. The number of alkyl halides is 2. The number of nitrogens with zero attached hydrogens (tertiary/aromatic N) is 1. The van der Waals surface area contributed by atoms with Crippen LogP contribution in [0.1, 0.15) is 25.7 Å². The van der Waals surface area contributed by atoms with Crippen LogP contribution in [0.4, 0.5) is 0 Å². The summed E-state index contributed by atoms with van der Waals surface area (Å²) in [6.07, 6.45) is 3.78. The third-order valence-electron chi connectivity index (χ3n) is 2.86. The first-order chi connectivity index (χ1) is 7.70. The van der Waals surface area contributed by atoms with Gasteiger partial charge < -0.3 is 5.11 Å². The van der Waals surface area contributed by atoms with Gasteiger partial charge in [0.15, 0.2) is 0 Å². The Labute approximate surface area is 108 Å². The molecule has 0 bridgehead atoms. The minimum absolute atomic E-state index is 0.586. The van der Waals surface area contributed by atoms with E-state index in [9.17, 15) is 5.11 Å². The Hall–Kier alpha value is 0.0600. The van der Waals surface area contributed by atoms with E-state index in [4.69, 9.17) is 23.2 Å². The SMILES string of the molecule is OC1(C#CCN(CCCl)CCCl)CCCC1. The molecule has 2 nitrogen and oxygen atoms in total. The minimum atomic E-state index is -0.729. The lowest BCUT2D eigenvalue weighted by atomic mass is 10.0. The van der Waals surface area contributed by atoms with Crippen LogP contribution in [-0.2, 0) is 0 Å². The van der Waals surface area contributed by atoms with Crippen molar-refractivity contribution in [1.82, 2.24) is 4.90 Å². The van der Waals surface area contributed by atoms with Gasteiger partial charge in [-0.1, -0.05) is 11.8 Å². The lowest BCUT2D eigenvalue weighted by molar-refractivity contribution is 0.109. The van der Waals surface area contributed by atoms with Crippen molar-refractivity contribution in [2.75, 3.05) is 31.4 Å². The quantitative estimate of drug-likeness (QED) is 0.607. The first kappa shape index (κ1) is 14.1. The molecule has 0 aromatic heterocycles. The summed E-state index contributed by atoms with van der Waals surface area (Å²) in [5.41, 5.74) is -0.729. The van der Waals surface area contributed by atoms with Crippen LogP contribution in [0.5, 0.6) is 0 Å². The molecule has 16 heavy (non-hydrogen) atoms. The van der Waals surface area contributed by atoms with Crippen LogP contribution in [0.3, 0.4) is 0 Å². The Morgan fingerprint density at radius 3 is 2.19 bits per heavy atom. The van der Waals surface area contributed by atoms with Crippen LogP contribution in [-0.4, -0.2) is 47.0 Å². The van der Waals surface area contributed by atoms with E-state index < -0.39 is 5.60 Å². The predicted octanol–water partition coefficient (Wildman–Crippen LogP) is 2.07. The van der Waals surface area contributed by atoms with Gasteiger partial charge in [-0.05, 0) is 25.7 Å². The molecule has 0 atom stereocenters. The Kier molecular flexibility index (Phi) is 6.53. The van der Waals surface area contributed by atoms with Crippen molar-refractivity contribution in [1.29, 1.82) is 0 Å². The molecule has 0 aromatic carbocycles. The second kappa shape index (κ2) is 7.40. The van der Waals surface area contributed by atoms with Gasteiger partial charge in [-0.15, -0.1) is 23.2 Å². The monoisotopic (exact) mass is 263 g/mol. The normalized spacial score (nSPS) is 18.5. The van der Waals surface area contributed by atoms with E-state index >= 15 is 0 Å². The lowest BCUT2D eigenvalue weighted by Gasteiger charge is -2.17. The third kappa shape index (κ3) is 4.93. The molecule has 0 heterocycles. The van der Waals surface area contributed by atoms with E-state index in [1.165, 1.54) is 0 Å². The maximum Gasteiger partial charge on any atom is 0.125 e. The van der Waals surface area contributed by atoms with Crippen LogP contribution in [0, 0.1) is 11.8 Å². The van der Waals surface area contributed by atoms with E-state index in [-0.39, 0.29) is 0 Å².